The standard InChI is InChI=1S/C14H12BrFN4/c15-11-5-2-1-4-10(11)12(8-16)19-14-13-6-3-7-20(13)18-9-17-14/h1-7,9,12H,8H2,(H,17,18,19). The molecule has 0 amide bonds. The Labute approximate surface area is 123 Å². The minimum Gasteiger partial charge on any atom is -0.359 e. The summed E-state index contributed by atoms with van der Waals surface area (Å²) in [4.78, 5) is 4.20. The van der Waals surface area contributed by atoms with Crippen molar-refractivity contribution in [3.63, 3.8) is 0 Å². The Hall–Kier alpha value is -1.95. The predicted molar refractivity (Wildman–Crippen MR) is 79.5 cm³/mol. The van der Waals surface area contributed by atoms with Gasteiger partial charge in [-0.15, -0.1) is 0 Å². The van der Waals surface area contributed by atoms with Gasteiger partial charge < -0.3 is 5.32 Å². The van der Waals surface area contributed by atoms with Gasteiger partial charge in [-0.25, -0.2) is 13.9 Å². The molecule has 1 atom stereocenters. The summed E-state index contributed by atoms with van der Waals surface area (Å²) in [6, 6.07) is 10.9. The first-order valence-corrected chi connectivity index (χ1v) is 6.94. The maximum Gasteiger partial charge on any atom is 0.154 e. The van der Waals surface area contributed by atoms with E-state index in [2.05, 4.69) is 31.3 Å². The highest BCUT2D eigenvalue weighted by molar-refractivity contribution is 9.10. The lowest BCUT2D eigenvalue weighted by molar-refractivity contribution is 0.451. The van der Waals surface area contributed by atoms with Gasteiger partial charge in [0.15, 0.2) is 5.82 Å². The van der Waals surface area contributed by atoms with Crippen LogP contribution in [-0.4, -0.2) is 21.3 Å². The number of halogens is 2. The number of fused-ring (bicyclic) bond motifs is 1. The number of nitrogens with one attached hydrogen (secondary N) is 1. The SMILES string of the molecule is FCC(Nc1ncnn2cccc12)c1ccccc1Br. The van der Waals surface area contributed by atoms with Gasteiger partial charge in [0.2, 0.25) is 0 Å². The van der Waals surface area contributed by atoms with Gasteiger partial charge in [-0.2, -0.15) is 5.10 Å². The quantitative estimate of drug-likeness (QED) is 0.792. The first-order chi connectivity index (χ1) is 9.79. The summed E-state index contributed by atoms with van der Waals surface area (Å²) in [5.74, 6) is 0.614. The van der Waals surface area contributed by atoms with Gasteiger partial charge in [0.1, 0.15) is 18.5 Å². The average molecular weight is 335 g/mol. The third kappa shape index (κ3) is 2.38. The lowest BCUT2D eigenvalue weighted by atomic mass is 10.1. The molecule has 2 aromatic heterocycles. The van der Waals surface area contributed by atoms with Crippen molar-refractivity contribution in [3.05, 3.63) is 59.0 Å². The van der Waals surface area contributed by atoms with Crippen LogP contribution in [-0.2, 0) is 0 Å². The van der Waals surface area contributed by atoms with Crippen LogP contribution >= 0.6 is 15.9 Å². The van der Waals surface area contributed by atoms with E-state index in [0.717, 1.165) is 15.6 Å². The Morgan fingerprint density at radius 3 is 2.90 bits per heavy atom. The van der Waals surface area contributed by atoms with Crippen LogP contribution in [0.5, 0.6) is 0 Å². The summed E-state index contributed by atoms with van der Waals surface area (Å²) >= 11 is 3.45. The van der Waals surface area contributed by atoms with Crippen molar-refractivity contribution < 1.29 is 4.39 Å². The molecule has 3 aromatic rings. The van der Waals surface area contributed by atoms with Crippen LogP contribution in [0.25, 0.3) is 5.52 Å². The van der Waals surface area contributed by atoms with Crippen LogP contribution in [0.15, 0.2) is 53.4 Å². The normalized spacial score (nSPS) is 12.5. The van der Waals surface area contributed by atoms with Crippen LogP contribution in [0.1, 0.15) is 11.6 Å². The molecule has 0 aliphatic carbocycles. The fourth-order valence-corrected chi connectivity index (χ4v) is 2.66. The molecule has 0 radical (unpaired) electrons. The minimum absolute atomic E-state index is 0.459. The fourth-order valence-electron chi connectivity index (χ4n) is 2.10. The number of rotatable bonds is 4. The van der Waals surface area contributed by atoms with Gasteiger partial charge in [0.05, 0.1) is 6.04 Å². The Balaban J connectivity index is 1.96. The molecule has 2 heterocycles. The highest BCUT2D eigenvalue weighted by Gasteiger charge is 2.16. The second-order valence-electron chi connectivity index (χ2n) is 4.32. The predicted octanol–water partition coefficient (Wildman–Crippen LogP) is 3.61. The molecule has 3 rings (SSSR count). The van der Waals surface area contributed by atoms with E-state index in [0.29, 0.717) is 5.82 Å². The van der Waals surface area contributed by atoms with E-state index < -0.39 is 12.7 Å². The number of hydrogen-bond donors (Lipinski definition) is 1. The Bertz CT molecular complexity index is 728. The molecule has 0 saturated carbocycles. The first-order valence-electron chi connectivity index (χ1n) is 6.15. The van der Waals surface area contributed by atoms with Gasteiger partial charge >= 0.3 is 0 Å². The van der Waals surface area contributed by atoms with E-state index in [-0.39, 0.29) is 0 Å². The molecule has 102 valence electrons. The second-order valence-corrected chi connectivity index (χ2v) is 5.17. The molecule has 1 unspecified atom stereocenters. The maximum absolute atomic E-state index is 13.4. The summed E-state index contributed by atoms with van der Waals surface area (Å²) in [7, 11) is 0. The molecule has 0 fully saturated rings. The smallest absolute Gasteiger partial charge is 0.154 e. The summed E-state index contributed by atoms with van der Waals surface area (Å²) in [6.45, 7) is -0.528. The highest BCUT2D eigenvalue weighted by Crippen LogP contribution is 2.27. The molecule has 1 N–H and O–H groups in total. The number of hydrogen-bond acceptors (Lipinski definition) is 3. The maximum atomic E-state index is 13.4. The molecule has 4 nitrogen and oxygen atoms in total. The number of benzene rings is 1. The zero-order valence-electron chi connectivity index (χ0n) is 10.5. The summed E-state index contributed by atoms with van der Waals surface area (Å²) in [5, 5.41) is 7.23. The minimum atomic E-state index is -0.528. The molecular weight excluding hydrogens is 323 g/mol. The third-order valence-corrected chi connectivity index (χ3v) is 3.80. The van der Waals surface area contributed by atoms with Crippen LogP contribution < -0.4 is 5.32 Å². The zero-order valence-corrected chi connectivity index (χ0v) is 12.1. The van der Waals surface area contributed by atoms with Gasteiger partial charge in [0.25, 0.3) is 0 Å². The van der Waals surface area contributed by atoms with Gasteiger partial charge in [-0.3, -0.25) is 0 Å². The lowest BCUT2D eigenvalue weighted by Gasteiger charge is -2.18. The molecular formula is C14H12BrFN4. The topological polar surface area (TPSA) is 42.2 Å². The largest absolute Gasteiger partial charge is 0.359 e. The van der Waals surface area contributed by atoms with Gasteiger partial charge in [0, 0.05) is 10.7 Å². The summed E-state index contributed by atoms with van der Waals surface area (Å²) in [6.07, 6.45) is 3.27. The second kappa shape index (κ2) is 5.58. The van der Waals surface area contributed by atoms with Gasteiger partial charge in [-0.05, 0) is 23.8 Å². The van der Waals surface area contributed by atoms with Crippen LogP contribution in [0.4, 0.5) is 10.2 Å². The van der Waals surface area contributed by atoms with Crippen molar-refractivity contribution >= 4 is 27.3 Å². The highest BCUT2D eigenvalue weighted by atomic mass is 79.9. The monoisotopic (exact) mass is 334 g/mol. The van der Waals surface area contributed by atoms with Crippen molar-refractivity contribution in [2.45, 2.75) is 6.04 Å². The van der Waals surface area contributed by atoms with Crippen molar-refractivity contribution in [1.82, 2.24) is 14.6 Å². The number of alkyl halides is 1. The van der Waals surface area contributed by atoms with Gasteiger partial charge in [-0.1, -0.05) is 34.1 Å². The molecule has 1 aromatic carbocycles. The van der Waals surface area contributed by atoms with Crippen molar-refractivity contribution in [3.8, 4) is 0 Å². The Kier molecular flexibility index (Phi) is 3.64. The number of nitrogens with zero attached hydrogens (tertiary/aromatic N) is 3. The molecule has 0 aliphatic rings. The van der Waals surface area contributed by atoms with E-state index >= 15 is 0 Å². The number of anilines is 1. The Morgan fingerprint density at radius 2 is 2.10 bits per heavy atom. The van der Waals surface area contributed by atoms with E-state index in [1.165, 1.54) is 6.33 Å². The molecule has 20 heavy (non-hydrogen) atoms. The van der Waals surface area contributed by atoms with Crippen LogP contribution in [0.3, 0.4) is 0 Å². The average Bonchev–Trinajstić information content (AvgIpc) is 2.95. The van der Waals surface area contributed by atoms with E-state index in [1.54, 1.807) is 4.52 Å². The van der Waals surface area contributed by atoms with Crippen molar-refractivity contribution in [2.75, 3.05) is 12.0 Å². The molecule has 0 saturated heterocycles. The van der Waals surface area contributed by atoms with E-state index in [1.807, 2.05) is 42.6 Å². The fraction of sp³-hybridized carbons (Fsp3) is 0.143. The molecule has 6 heteroatoms. The van der Waals surface area contributed by atoms with Crippen LogP contribution in [0, 0.1) is 0 Å². The zero-order chi connectivity index (χ0) is 13.9. The Morgan fingerprint density at radius 1 is 1.25 bits per heavy atom. The molecule has 0 bridgehead atoms. The summed E-state index contributed by atoms with van der Waals surface area (Å²) in [5.41, 5.74) is 1.68. The van der Waals surface area contributed by atoms with Crippen molar-refractivity contribution in [1.29, 1.82) is 0 Å². The molecule has 0 spiro atoms. The molecule has 0 aliphatic heterocycles. The first kappa shape index (κ1) is 13.1. The van der Waals surface area contributed by atoms with E-state index in [9.17, 15) is 4.39 Å². The van der Waals surface area contributed by atoms with Crippen molar-refractivity contribution in [2.24, 2.45) is 0 Å². The number of aromatic nitrogens is 3. The third-order valence-electron chi connectivity index (χ3n) is 3.08. The van der Waals surface area contributed by atoms with E-state index in [4.69, 9.17) is 0 Å². The lowest BCUT2D eigenvalue weighted by Crippen LogP contribution is -2.15. The van der Waals surface area contributed by atoms with Crippen LogP contribution in [0.2, 0.25) is 0 Å². The summed E-state index contributed by atoms with van der Waals surface area (Å²) < 4.78 is 16.0.